The van der Waals surface area contributed by atoms with Crippen LogP contribution < -0.4 is 0 Å². The lowest BCUT2D eigenvalue weighted by Gasteiger charge is -2.38. The van der Waals surface area contributed by atoms with Crippen molar-refractivity contribution in [2.24, 2.45) is 0 Å². The van der Waals surface area contributed by atoms with Crippen LogP contribution in [0.4, 0.5) is 0 Å². The second kappa shape index (κ2) is 17.6. The van der Waals surface area contributed by atoms with Crippen LogP contribution in [0.2, 0.25) is 0 Å². The predicted octanol–water partition coefficient (Wildman–Crippen LogP) is 6.68. The third-order valence-electron chi connectivity index (χ3n) is 7.37. The van der Waals surface area contributed by atoms with E-state index in [0.29, 0.717) is 0 Å². The fourth-order valence-corrected chi connectivity index (χ4v) is 7.04. The van der Waals surface area contributed by atoms with Gasteiger partial charge < -0.3 is 8.97 Å². The molecule has 0 heterocycles. The number of hydrogen-bond acceptors (Lipinski definition) is 4. The Morgan fingerprint density at radius 1 is 0.743 bits per heavy atom. The summed E-state index contributed by atoms with van der Waals surface area (Å²) >= 11 is 2.95. The van der Waals surface area contributed by atoms with Crippen molar-refractivity contribution in [2.75, 3.05) is 63.9 Å². The highest BCUT2D eigenvalue weighted by Crippen LogP contribution is 2.19. The summed E-state index contributed by atoms with van der Waals surface area (Å²) in [5, 5.41) is 0.421. The van der Waals surface area contributed by atoms with Crippen LogP contribution in [0, 0.1) is 0 Å². The third-order valence-corrected chi connectivity index (χ3v) is 9.04. The Balaban J connectivity index is 2.67. The summed E-state index contributed by atoms with van der Waals surface area (Å²) in [4.78, 5) is 24.3. The number of hydrogen-bond donors (Lipinski definition) is 0. The fourth-order valence-electron chi connectivity index (χ4n) is 5.31. The minimum atomic E-state index is 0.208. The zero-order chi connectivity index (χ0) is 26.2. The maximum Gasteiger partial charge on any atom is 0.219 e. The van der Waals surface area contributed by atoms with Crippen molar-refractivity contribution in [1.29, 1.82) is 0 Å². The molecule has 4 nitrogen and oxygen atoms in total. The lowest BCUT2D eigenvalue weighted by Crippen LogP contribution is -2.50. The van der Waals surface area contributed by atoms with E-state index in [0.717, 1.165) is 84.6 Å². The van der Waals surface area contributed by atoms with Crippen molar-refractivity contribution >= 4 is 33.8 Å². The van der Waals surface area contributed by atoms with Crippen molar-refractivity contribution in [3.63, 3.8) is 0 Å². The molecule has 6 heteroatoms. The maximum atomic E-state index is 12.9. The zero-order valence-electron chi connectivity index (χ0n) is 23.4. The van der Waals surface area contributed by atoms with Gasteiger partial charge in [-0.25, -0.2) is 0 Å². The van der Waals surface area contributed by atoms with Crippen LogP contribution in [-0.2, 0) is 11.2 Å². The monoisotopic (exact) mass is 524 g/mol. The summed E-state index contributed by atoms with van der Waals surface area (Å²) in [6.45, 7) is 22.1. The number of benzene rings is 1. The summed E-state index contributed by atoms with van der Waals surface area (Å²) < 4.78 is 2.21. The minimum Gasteiger partial charge on any atom is -0.323 e. The minimum absolute atomic E-state index is 0.208. The standard InChI is InChI=1S/C29H52N2O2S2/c1-7-17-30(10-4,18-8-2)22-24-35-29(33)28-16-12-14-27(25-28)15-13-20-31(11-5,19-9-3)21-23-34-26(6)32/h12,14,16,25H,7-11,13,15,17-24H2,1-6H3/q+2. The smallest absolute Gasteiger partial charge is 0.219 e. The van der Waals surface area contributed by atoms with E-state index in [9.17, 15) is 9.59 Å². The summed E-state index contributed by atoms with van der Waals surface area (Å²) in [7, 11) is 0. The van der Waals surface area contributed by atoms with Crippen LogP contribution in [0.3, 0.4) is 0 Å². The molecule has 0 aromatic heterocycles. The number of nitrogens with zero attached hydrogens (tertiary/aromatic N) is 2. The number of quaternary nitrogens is 2. The average Bonchev–Trinajstić information content (AvgIpc) is 2.84. The highest BCUT2D eigenvalue weighted by Gasteiger charge is 2.25. The lowest BCUT2D eigenvalue weighted by atomic mass is 10.1. The second-order valence-electron chi connectivity index (χ2n) is 9.94. The van der Waals surface area contributed by atoms with E-state index >= 15 is 0 Å². The van der Waals surface area contributed by atoms with E-state index in [1.54, 1.807) is 6.92 Å². The van der Waals surface area contributed by atoms with E-state index in [1.807, 2.05) is 12.1 Å². The zero-order valence-corrected chi connectivity index (χ0v) is 25.1. The molecule has 0 N–H and O–H groups in total. The number of carbonyl (C=O) groups excluding carboxylic acids is 2. The SMILES string of the molecule is CCC[N+](CC)(CCCc1cccc(C(=O)SCC[N+](CC)(CCC)CCC)c1)CCSC(C)=O. The Morgan fingerprint density at radius 3 is 1.80 bits per heavy atom. The molecule has 0 aliphatic rings. The van der Waals surface area contributed by atoms with Crippen LogP contribution in [-0.4, -0.2) is 83.1 Å². The summed E-state index contributed by atoms with van der Waals surface area (Å²) in [6, 6.07) is 8.29. The van der Waals surface area contributed by atoms with Crippen LogP contribution in [0.1, 0.15) is 83.1 Å². The molecular weight excluding hydrogens is 472 g/mol. The molecule has 1 rings (SSSR count). The lowest BCUT2D eigenvalue weighted by molar-refractivity contribution is -0.924. The van der Waals surface area contributed by atoms with Gasteiger partial charge in [0, 0.05) is 18.9 Å². The molecule has 0 aliphatic heterocycles. The first kappa shape index (κ1) is 32.2. The van der Waals surface area contributed by atoms with Gasteiger partial charge in [-0.15, -0.1) is 0 Å². The molecule has 0 amide bonds. The Labute approximate surface area is 224 Å². The van der Waals surface area contributed by atoms with Gasteiger partial charge in [-0.3, -0.25) is 9.59 Å². The van der Waals surface area contributed by atoms with Crippen molar-refractivity contribution in [2.45, 2.75) is 73.6 Å². The molecule has 0 radical (unpaired) electrons. The van der Waals surface area contributed by atoms with Gasteiger partial charge in [0.25, 0.3) is 0 Å². The van der Waals surface area contributed by atoms with Crippen molar-refractivity contribution in [1.82, 2.24) is 0 Å². The number of thioether (sulfide) groups is 2. The molecule has 0 aliphatic carbocycles. The molecule has 0 bridgehead atoms. The van der Waals surface area contributed by atoms with Gasteiger partial charge in [-0.05, 0) is 51.2 Å². The fraction of sp³-hybridized carbons (Fsp3) is 0.724. The van der Waals surface area contributed by atoms with Gasteiger partial charge >= 0.3 is 0 Å². The van der Waals surface area contributed by atoms with E-state index in [2.05, 4.69) is 46.8 Å². The predicted molar refractivity (Wildman–Crippen MR) is 156 cm³/mol. The van der Waals surface area contributed by atoms with Gasteiger partial charge in [0.2, 0.25) is 5.12 Å². The first-order chi connectivity index (χ1) is 16.8. The number of carbonyl (C=O) groups is 2. The highest BCUT2D eigenvalue weighted by atomic mass is 32.2. The molecular formula is C29H52N2O2S2+2. The largest absolute Gasteiger partial charge is 0.323 e. The molecule has 0 fully saturated rings. The maximum absolute atomic E-state index is 12.9. The first-order valence-corrected chi connectivity index (χ1v) is 15.9. The van der Waals surface area contributed by atoms with Crippen molar-refractivity contribution < 1.29 is 18.6 Å². The van der Waals surface area contributed by atoms with E-state index in [4.69, 9.17) is 0 Å². The van der Waals surface area contributed by atoms with Crippen LogP contribution in [0.25, 0.3) is 0 Å². The topological polar surface area (TPSA) is 34.1 Å². The second-order valence-corrected chi connectivity index (χ2v) is 12.3. The molecule has 1 aromatic rings. The van der Waals surface area contributed by atoms with Crippen LogP contribution in [0.5, 0.6) is 0 Å². The van der Waals surface area contributed by atoms with E-state index in [-0.39, 0.29) is 10.2 Å². The molecule has 0 saturated carbocycles. The Kier molecular flexibility index (Phi) is 16.2. The first-order valence-electron chi connectivity index (χ1n) is 13.9. The number of aryl methyl sites for hydroxylation is 1. The normalized spacial score (nSPS) is 13.5. The van der Waals surface area contributed by atoms with Gasteiger partial charge in [0.1, 0.15) is 0 Å². The van der Waals surface area contributed by atoms with Crippen molar-refractivity contribution in [3.05, 3.63) is 35.4 Å². The third kappa shape index (κ3) is 11.8. The molecule has 0 spiro atoms. The van der Waals surface area contributed by atoms with E-state index in [1.165, 1.54) is 55.0 Å². The van der Waals surface area contributed by atoms with Crippen LogP contribution in [0.15, 0.2) is 24.3 Å². The average molecular weight is 525 g/mol. The highest BCUT2D eigenvalue weighted by molar-refractivity contribution is 8.14. The summed E-state index contributed by atoms with van der Waals surface area (Å²) in [5.74, 6) is 1.79. The molecule has 0 saturated heterocycles. The quantitative estimate of drug-likeness (QED) is 0.189. The molecule has 1 aromatic carbocycles. The Morgan fingerprint density at radius 2 is 1.29 bits per heavy atom. The summed E-state index contributed by atoms with van der Waals surface area (Å²) in [5.41, 5.74) is 2.10. The molecule has 1 atom stereocenters. The van der Waals surface area contributed by atoms with E-state index < -0.39 is 0 Å². The van der Waals surface area contributed by atoms with Crippen LogP contribution >= 0.6 is 23.5 Å². The summed E-state index contributed by atoms with van der Waals surface area (Å²) in [6.07, 6.45) is 5.65. The molecule has 200 valence electrons. The number of rotatable bonds is 19. The van der Waals surface area contributed by atoms with Gasteiger partial charge in [0.05, 0.1) is 63.9 Å². The Hall–Kier alpha value is -0.820. The Bertz CT molecular complexity index is 750. The molecule has 35 heavy (non-hydrogen) atoms. The van der Waals surface area contributed by atoms with Gasteiger partial charge in [-0.2, -0.15) is 0 Å². The van der Waals surface area contributed by atoms with Gasteiger partial charge in [0.15, 0.2) is 5.12 Å². The van der Waals surface area contributed by atoms with Gasteiger partial charge in [-0.1, -0.05) is 62.5 Å². The van der Waals surface area contributed by atoms with Crippen molar-refractivity contribution in [3.8, 4) is 0 Å². The molecule has 1 unspecified atom stereocenters.